The minimum atomic E-state index is -1.01. The Morgan fingerprint density at radius 1 is 1.32 bits per heavy atom. The Hall–Kier alpha value is -2.30. The number of hydrogen-bond donors (Lipinski definition) is 2. The molecule has 0 amide bonds. The van der Waals surface area contributed by atoms with E-state index in [-0.39, 0.29) is 12.0 Å². The Kier molecular flexibility index (Phi) is 3.29. The van der Waals surface area contributed by atoms with Gasteiger partial charge in [-0.3, -0.25) is 14.7 Å². The molecule has 0 spiro atoms. The second-order valence-electron chi connectivity index (χ2n) is 4.72. The molecule has 0 aliphatic carbocycles. The molecule has 0 saturated heterocycles. The zero-order valence-electron chi connectivity index (χ0n) is 11.2. The van der Waals surface area contributed by atoms with Gasteiger partial charge >= 0.3 is 5.97 Å². The summed E-state index contributed by atoms with van der Waals surface area (Å²) in [6.07, 6.45) is -0.265. The first-order chi connectivity index (χ1) is 8.90. The molecule has 19 heavy (non-hydrogen) atoms. The minimum absolute atomic E-state index is 0.265. The van der Waals surface area contributed by atoms with Crippen molar-refractivity contribution in [1.82, 2.24) is 9.78 Å². The molecule has 5 nitrogen and oxygen atoms in total. The van der Waals surface area contributed by atoms with Crippen molar-refractivity contribution in [2.75, 3.05) is 0 Å². The van der Waals surface area contributed by atoms with Crippen LogP contribution in [0.2, 0.25) is 0 Å². The number of carboxylic acid groups (broad SMARTS) is 1. The molecule has 0 unspecified atom stereocenters. The van der Waals surface area contributed by atoms with E-state index in [4.69, 9.17) is 5.11 Å². The van der Waals surface area contributed by atoms with Gasteiger partial charge in [0.05, 0.1) is 17.7 Å². The molecular formula is C14H16N2O3. The molecule has 1 aromatic carbocycles. The van der Waals surface area contributed by atoms with Gasteiger partial charge in [-0.05, 0) is 38.0 Å². The van der Waals surface area contributed by atoms with E-state index in [1.54, 1.807) is 6.92 Å². The summed E-state index contributed by atoms with van der Waals surface area (Å²) in [5, 5.41) is 11.8. The van der Waals surface area contributed by atoms with Crippen LogP contribution < -0.4 is 5.56 Å². The molecular weight excluding hydrogens is 244 g/mol. The van der Waals surface area contributed by atoms with E-state index in [9.17, 15) is 9.59 Å². The van der Waals surface area contributed by atoms with Crippen LogP contribution in [0.15, 0.2) is 23.0 Å². The highest BCUT2D eigenvalue weighted by atomic mass is 16.4. The number of carboxylic acids is 1. The molecule has 100 valence electrons. The van der Waals surface area contributed by atoms with Gasteiger partial charge < -0.3 is 5.11 Å². The number of aromatic amines is 1. The van der Waals surface area contributed by atoms with Gasteiger partial charge in [0.25, 0.3) is 5.56 Å². The van der Waals surface area contributed by atoms with Gasteiger partial charge in [-0.2, -0.15) is 0 Å². The van der Waals surface area contributed by atoms with Crippen molar-refractivity contribution in [3.8, 4) is 5.69 Å². The van der Waals surface area contributed by atoms with Crippen LogP contribution in [0.4, 0.5) is 0 Å². The first-order valence-electron chi connectivity index (χ1n) is 6.00. The van der Waals surface area contributed by atoms with Crippen LogP contribution in [0, 0.1) is 20.8 Å². The number of nitrogens with zero attached hydrogens (tertiary/aromatic N) is 1. The maximum atomic E-state index is 12.3. The predicted octanol–water partition coefficient (Wildman–Crippen LogP) is 1.72. The average Bonchev–Trinajstić information content (AvgIpc) is 2.60. The number of nitrogens with one attached hydrogen (secondary N) is 1. The number of aryl methyl sites for hydroxylation is 3. The summed E-state index contributed by atoms with van der Waals surface area (Å²) < 4.78 is 1.41. The minimum Gasteiger partial charge on any atom is -0.481 e. The van der Waals surface area contributed by atoms with Crippen LogP contribution in [0.1, 0.15) is 22.4 Å². The third kappa shape index (κ3) is 2.45. The highest BCUT2D eigenvalue weighted by molar-refractivity contribution is 5.70. The number of carbonyl (C=O) groups is 1. The molecule has 2 N–H and O–H groups in total. The summed E-state index contributed by atoms with van der Waals surface area (Å²) in [7, 11) is 0. The number of rotatable bonds is 3. The standard InChI is InChI=1S/C14H16N2O3/c1-8-4-5-9(2)12(6-8)16-14(19)11(7-13(17)18)10(3)15-16/h4-6,15H,7H2,1-3H3,(H,17,18). The Balaban J connectivity index is 2.61. The van der Waals surface area contributed by atoms with Crippen LogP contribution >= 0.6 is 0 Å². The SMILES string of the molecule is Cc1ccc(C)c(-n2[nH]c(C)c(CC(=O)O)c2=O)c1. The van der Waals surface area contributed by atoms with E-state index in [1.165, 1.54) is 4.68 Å². The summed E-state index contributed by atoms with van der Waals surface area (Å²) in [6.45, 7) is 5.57. The van der Waals surface area contributed by atoms with Crippen molar-refractivity contribution in [1.29, 1.82) is 0 Å². The molecule has 0 aliphatic heterocycles. The van der Waals surface area contributed by atoms with Crippen LogP contribution in [0.3, 0.4) is 0 Å². The monoisotopic (exact) mass is 260 g/mol. The maximum Gasteiger partial charge on any atom is 0.308 e. The van der Waals surface area contributed by atoms with Gasteiger partial charge in [-0.25, -0.2) is 4.68 Å². The zero-order chi connectivity index (χ0) is 14.2. The van der Waals surface area contributed by atoms with E-state index >= 15 is 0 Å². The molecule has 1 aromatic heterocycles. The summed E-state index contributed by atoms with van der Waals surface area (Å²) in [5.74, 6) is -1.01. The van der Waals surface area contributed by atoms with Crippen molar-refractivity contribution in [2.24, 2.45) is 0 Å². The number of hydrogen-bond acceptors (Lipinski definition) is 2. The van der Waals surface area contributed by atoms with Crippen molar-refractivity contribution >= 4 is 5.97 Å². The lowest BCUT2D eigenvalue weighted by Crippen LogP contribution is -2.20. The van der Waals surface area contributed by atoms with Crippen LogP contribution in [-0.4, -0.2) is 20.9 Å². The fraction of sp³-hybridized carbons (Fsp3) is 0.286. The Labute approximate surface area is 110 Å². The fourth-order valence-electron chi connectivity index (χ4n) is 2.07. The van der Waals surface area contributed by atoms with Crippen LogP contribution in [0.25, 0.3) is 5.69 Å². The first-order valence-corrected chi connectivity index (χ1v) is 6.00. The Bertz CT molecular complexity index is 695. The van der Waals surface area contributed by atoms with E-state index in [0.717, 1.165) is 16.8 Å². The molecule has 0 atom stereocenters. The lowest BCUT2D eigenvalue weighted by Gasteiger charge is -2.07. The lowest BCUT2D eigenvalue weighted by atomic mass is 10.1. The summed E-state index contributed by atoms with van der Waals surface area (Å²) in [4.78, 5) is 23.0. The zero-order valence-corrected chi connectivity index (χ0v) is 11.2. The van der Waals surface area contributed by atoms with Crippen molar-refractivity contribution in [3.63, 3.8) is 0 Å². The normalized spacial score (nSPS) is 10.7. The van der Waals surface area contributed by atoms with Gasteiger partial charge in [0.15, 0.2) is 0 Å². The second-order valence-corrected chi connectivity index (χ2v) is 4.72. The third-order valence-corrected chi connectivity index (χ3v) is 3.13. The number of benzene rings is 1. The highest BCUT2D eigenvalue weighted by Crippen LogP contribution is 2.15. The molecule has 0 saturated carbocycles. The predicted molar refractivity (Wildman–Crippen MR) is 71.9 cm³/mol. The quantitative estimate of drug-likeness (QED) is 0.882. The Morgan fingerprint density at radius 2 is 2.00 bits per heavy atom. The highest BCUT2D eigenvalue weighted by Gasteiger charge is 2.16. The largest absolute Gasteiger partial charge is 0.481 e. The van der Waals surface area contributed by atoms with Crippen LogP contribution in [-0.2, 0) is 11.2 Å². The topological polar surface area (TPSA) is 75.1 Å². The van der Waals surface area contributed by atoms with Gasteiger partial charge in [-0.1, -0.05) is 12.1 Å². The molecule has 2 aromatic rings. The first kappa shape index (κ1) is 13.1. The number of aliphatic carboxylic acids is 1. The van der Waals surface area contributed by atoms with Crippen molar-refractivity contribution < 1.29 is 9.90 Å². The third-order valence-electron chi connectivity index (χ3n) is 3.13. The smallest absolute Gasteiger partial charge is 0.308 e. The molecule has 0 radical (unpaired) electrons. The molecule has 0 bridgehead atoms. The summed E-state index contributed by atoms with van der Waals surface area (Å²) in [5.41, 5.74) is 3.34. The van der Waals surface area contributed by atoms with Gasteiger partial charge in [0, 0.05) is 5.69 Å². The second kappa shape index (κ2) is 4.76. The summed E-state index contributed by atoms with van der Waals surface area (Å²) in [6, 6.07) is 5.80. The molecule has 1 heterocycles. The lowest BCUT2D eigenvalue weighted by molar-refractivity contribution is -0.136. The number of H-pyrrole nitrogens is 1. The van der Waals surface area contributed by atoms with Crippen LogP contribution in [0.5, 0.6) is 0 Å². The summed E-state index contributed by atoms with van der Waals surface area (Å²) >= 11 is 0. The number of aromatic nitrogens is 2. The molecule has 0 fully saturated rings. The molecule has 2 rings (SSSR count). The molecule has 0 aliphatic rings. The van der Waals surface area contributed by atoms with E-state index in [2.05, 4.69) is 5.10 Å². The van der Waals surface area contributed by atoms with Crippen molar-refractivity contribution in [3.05, 3.63) is 50.9 Å². The van der Waals surface area contributed by atoms with Gasteiger partial charge in [0.2, 0.25) is 0 Å². The Morgan fingerprint density at radius 3 is 2.63 bits per heavy atom. The van der Waals surface area contributed by atoms with E-state index < -0.39 is 5.97 Å². The fourth-order valence-corrected chi connectivity index (χ4v) is 2.07. The van der Waals surface area contributed by atoms with E-state index in [0.29, 0.717) is 11.3 Å². The van der Waals surface area contributed by atoms with Gasteiger partial charge in [0.1, 0.15) is 0 Å². The van der Waals surface area contributed by atoms with E-state index in [1.807, 2.05) is 32.0 Å². The van der Waals surface area contributed by atoms with Gasteiger partial charge in [-0.15, -0.1) is 0 Å². The maximum absolute atomic E-state index is 12.3. The molecule has 5 heteroatoms. The average molecular weight is 260 g/mol. The van der Waals surface area contributed by atoms with Crippen molar-refractivity contribution in [2.45, 2.75) is 27.2 Å².